The highest BCUT2D eigenvalue weighted by molar-refractivity contribution is 5.78. The molecule has 0 radical (unpaired) electrons. The van der Waals surface area contributed by atoms with Crippen LogP contribution in [0.1, 0.15) is 11.5 Å². The number of pyridine rings is 1. The van der Waals surface area contributed by atoms with Crippen molar-refractivity contribution >= 4 is 11.0 Å². The topological polar surface area (TPSA) is 56.7 Å². The maximum atomic E-state index is 5.69. The van der Waals surface area contributed by atoms with Crippen LogP contribution in [0.15, 0.2) is 42.6 Å². The number of nitrogens with zero attached hydrogens (tertiary/aromatic N) is 3. The molecule has 0 bridgehead atoms. The molecule has 2 N–H and O–H groups in total. The van der Waals surface area contributed by atoms with Crippen molar-refractivity contribution in [2.24, 2.45) is 5.73 Å². The number of hydrogen-bond acceptors (Lipinski definition) is 3. The molecule has 96 valence electrons. The Morgan fingerprint density at radius 3 is 2.84 bits per heavy atom. The van der Waals surface area contributed by atoms with E-state index in [0.717, 1.165) is 34.7 Å². The molecule has 4 heteroatoms. The van der Waals surface area contributed by atoms with E-state index in [0.29, 0.717) is 6.54 Å². The van der Waals surface area contributed by atoms with E-state index in [2.05, 4.69) is 26.7 Å². The SMILES string of the molecule is Cc1cc(-n2c(CCN)nc3ccccc32)ccn1. The molecule has 4 nitrogen and oxygen atoms in total. The lowest BCUT2D eigenvalue weighted by Gasteiger charge is -2.09. The minimum atomic E-state index is 0.591. The van der Waals surface area contributed by atoms with Crippen molar-refractivity contribution in [3.8, 4) is 5.69 Å². The van der Waals surface area contributed by atoms with Crippen LogP contribution in [0.25, 0.3) is 16.7 Å². The van der Waals surface area contributed by atoms with Crippen LogP contribution in [0.4, 0.5) is 0 Å². The number of fused-ring (bicyclic) bond motifs is 1. The quantitative estimate of drug-likeness (QED) is 0.777. The summed E-state index contributed by atoms with van der Waals surface area (Å²) >= 11 is 0. The molecule has 0 aliphatic rings. The van der Waals surface area contributed by atoms with E-state index < -0.39 is 0 Å². The standard InChI is InChI=1S/C15H16N4/c1-11-10-12(7-9-17-11)19-14-5-3-2-4-13(14)18-15(19)6-8-16/h2-5,7,9-10H,6,8,16H2,1H3. The van der Waals surface area contributed by atoms with E-state index in [-0.39, 0.29) is 0 Å². The van der Waals surface area contributed by atoms with Gasteiger partial charge in [-0.25, -0.2) is 4.98 Å². The highest BCUT2D eigenvalue weighted by Crippen LogP contribution is 2.21. The van der Waals surface area contributed by atoms with Crippen LogP contribution in [0.3, 0.4) is 0 Å². The molecule has 0 fully saturated rings. The van der Waals surface area contributed by atoms with Gasteiger partial charge in [0.2, 0.25) is 0 Å². The molecule has 0 saturated carbocycles. The van der Waals surface area contributed by atoms with Gasteiger partial charge in [-0.15, -0.1) is 0 Å². The molecular weight excluding hydrogens is 236 g/mol. The van der Waals surface area contributed by atoms with Crippen molar-refractivity contribution in [1.29, 1.82) is 0 Å². The predicted molar refractivity (Wildman–Crippen MR) is 76.4 cm³/mol. The van der Waals surface area contributed by atoms with Crippen LogP contribution < -0.4 is 5.73 Å². The third-order valence-corrected chi connectivity index (χ3v) is 3.14. The van der Waals surface area contributed by atoms with Gasteiger partial charge in [0.1, 0.15) is 5.82 Å². The first-order chi connectivity index (χ1) is 9.29. The van der Waals surface area contributed by atoms with Gasteiger partial charge in [-0.1, -0.05) is 12.1 Å². The normalized spacial score (nSPS) is 11.1. The highest BCUT2D eigenvalue weighted by atomic mass is 15.1. The van der Waals surface area contributed by atoms with Gasteiger partial charge in [0.25, 0.3) is 0 Å². The minimum absolute atomic E-state index is 0.591. The number of benzene rings is 1. The lowest BCUT2D eigenvalue weighted by atomic mass is 10.3. The van der Waals surface area contributed by atoms with Gasteiger partial charge < -0.3 is 5.73 Å². The second kappa shape index (κ2) is 4.82. The monoisotopic (exact) mass is 252 g/mol. The van der Waals surface area contributed by atoms with Gasteiger partial charge in [0.05, 0.1) is 16.7 Å². The molecule has 0 saturated heterocycles. The zero-order valence-electron chi connectivity index (χ0n) is 10.9. The van der Waals surface area contributed by atoms with Crippen LogP contribution >= 0.6 is 0 Å². The summed E-state index contributed by atoms with van der Waals surface area (Å²) in [5, 5.41) is 0. The Morgan fingerprint density at radius 2 is 2.05 bits per heavy atom. The Hall–Kier alpha value is -2.20. The number of nitrogens with two attached hydrogens (primary N) is 1. The van der Waals surface area contributed by atoms with Crippen molar-refractivity contribution in [1.82, 2.24) is 14.5 Å². The third-order valence-electron chi connectivity index (χ3n) is 3.14. The fourth-order valence-corrected chi connectivity index (χ4v) is 2.33. The molecule has 0 unspecified atom stereocenters. The van der Waals surface area contributed by atoms with E-state index in [1.54, 1.807) is 0 Å². The van der Waals surface area contributed by atoms with Gasteiger partial charge in [0.15, 0.2) is 0 Å². The summed E-state index contributed by atoms with van der Waals surface area (Å²) in [6, 6.07) is 12.2. The van der Waals surface area contributed by atoms with Crippen LogP contribution in [0, 0.1) is 6.92 Å². The van der Waals surface area contributed by atoms with E-state index in [1.165, 1.54) is 0 Å². The molecule has 2 aromatic heterocycles. The Kier molecular flexibility index (Phi) is 3.01. The van der Waals surface area contributed by atoms with Crippen LogP contribution in [0.2, 0.25) is 0 Å². The summed E-state index contributed by atoms with van der Waals surface area (Å²) in [6.45, 7) is 2.58. The molecule has 2 heterocycles. The summed E-state index contributed by atoms with van der Waals surface area (Å²) in [7, 11) is 0. The summed E-state index contributed by atoms with van der Waals surface area (Å²) in [4.78, 5) is 8.92. The fourth-order valence-electron chi connectivity index (χ4n) is 2.33. The van der Waals surface area contributed by atoms with Gasteiger partial charge in [-0.2, -0.15) is 0 Å². The van der Waals surface area contributed by atoms with E-state index >= 15 is 0 Å². The second-order valence-electron chi connectivity index (χ2n) is 4.55. The van der Waals surface area contributed by atoms with Crippen LogP contribution in [-0.4, -0.2) is 21.1 Å². The first-order valence-corrected chi connectivity index (χ1v) is 6.39. The maximum Gasteiger partial charge on any atom is 0.115 e. The second-order valence-corrected chi connectivity index (χ2v) is 4.55. The fraction of sp³-hybridized carbons (Fsp3) is 0.200. The lowest BCUT2D eigenvalue weighted by molar-refractivity contribution is 0.846. The van der Waals surface area contributed by atoms with Crippen LogP contribution in [-0.2, 0) is 6.42 Å². The van der Waals surface area contributed by atoms with Gasteiger partial charge in [-0.05, 0) is 37.7 Å². The molecule has 19 heavy (non-hydrogen) atoms. The molecule has 0 spiro atoms. The summed E-state index contributed by atoms with van der Waals surface area (Å²) in [6.07, 6.45) is 2.59. The number of aryl methyl sites for hydroxylation is 1. The Labute approximate surface area is 111 Å². The van der Waals surface area contributed by atoms with Crippen molar-refractivity contribution in [2.45, 2.75) is 13.3 Å². The smallest absolute Gasteiger partial charge is 0.115 e. The molecule has 3 aromatic rings. The largest absolute Gasteiger partial charge is 0.330 e. The summed E-state index contributed by atoms with van der Waals surface area (Å²) < 4.78 is 2.16. The van der Waals surface area contributed by atoms with E-state index in [9.17, 15) is 0 Å². The predicted octanol–water partition coefficient (Wildman–Crippen LogP) is 2.23. The van der Waals surface area contributed by atoms with Crippen molar-refractivity contribution in [2.75, 3.05) is 6.54 Å². The molecule has 0 aliphatic carbocycles. The zero-order chi connectivity index (χ0) is 13.2. The molecule has 0 atom stereocenters. The van der Waals surface area contributed by atoms with Gasteiger partial charge in [0, 0.05) is 18.3 Å². The number of aromatic nitrogens is 3. The number of rotatable bonds is 3. The Morgan fingerprint density at radius 1 is 1.21 bits per heavy atom. The molecule has 3 rings (SSSR count). The maximum absolute atomic E-state index is 5.69. The molecule has 0 aliphatic heterocycles. The van der Waals surface area contributed by atoms with Gasteiger partial charge >= 0.3 is 0 Å². The first kappa shape index (κ1) is 11.9. The number of para-hydroxylation sites is 2. The first-order valence-electron chi connectivity index (χ1n) is 6.39. The molecule has 0 amide bonds. The molecular formula is C15H16N4. The minimum Gasteiger partial charge on any atom is -0.330 e. The zero-order valence-corrected chi connectivity index (χ0v) is 10.9. The Bertz CT molecular complexity index is 715. The average molecular weight is 252 g/mol. The molecule has 1 aromatic carbocycles. The number of imidazole rings is 1. The number of hydrogen-bond donors (Lipinski definition) is 1. The highest BCUT2D eigenvalue weighted by Gasteiger charge is 2.11. The van der Waals surface area contributed by atoms with E-state index in [4.69, 9.17) is 5.73 Å². The van der Waals surface area contributed by atoms with Gasteiger partial charge in [-0.3, -0.25) is 9.55 Å². The van der Waals surface area contributed by atoms with Crippen molar-refractivity contribution < 1.29 is 0 Å². The van der Waals surface area contributed by atoms with Crippen LogP contribution in [0.5, 0.6) is 0 Å². The van der Waals surface area contributed by atoms with Crippen molar-refractivity contribution in [3.05, 3.63) is 54.1 Å². The van der Waals surface area contributed by atoms with Crippen molar-refractivity contribution in [3.63, 3.8) is 0 Å². The average Bonchev–Trinajstić information content (AvgIpc) is 2.77. The van der Waals surface area contributed by atoms with E-state index in [1.807, 2.05) is 37.4 Å². The lowest BCUT2D eigenvalue weighted by Crippen LogP contribution is -2.09. The Balaban J connectivity index is 2.28. The summed E-state index contributed by atoms with van der Waals surface area (Å²) in [5.41, 5.74) is 9.88. The summed E-state index contributed by atoms with van der Waals surface area (Å²) in [5.74, 6) is 0.995. The third kappa shape index (κ3) is 2.11.